The van der Waals surface area contributed by atoms with Crippen LogP contribution in [-0.2, 0) is 13.6 Å². The number of rotatable bonds is 6. The van der Waals surface area contributed by atoms with E-state index in [0.29, 0.717) is 29.8 Å². The van der Waals surface area contributed by atoms with Gasteiger partial charge < -0.3 is 14.2 Å². The smallest absolute Gasteiger partial charge is 0.387 e. The second-order valence-electron chi connectivity index (χ2n) is 8.62. The second kappa shape index (κ2) is 9.77. The third kappa shape index (κ3) is 4.73. The summed E-state index contributed by atoms with van der Waals surface area (Å²) in [6, 6.07) is 14.1. The number of hydrogen-bond acceptors (Lipinski definition) is 6. The number of fused-ring (bicyclic) bond motifs is 1. The summed E-state index contributed by atoms with van der Waals surface area (Å²) in [7, 11) is 1.70. The molecule has 2 aromatic heterocycles. The quantitative estimate of drug-likeness (QED) is 0.548. The topological polar surface area (TPSA) is 74.4 Å². The van der Waals surface area contributed by atoms with Crippen LogP contribution in [0.1, 0.15) is 31.5 Å². The molecule has 1 saturated heterocycles. The van der Waals surface area contributed by atoms with Crippen LogP contribution >= 0.6 is 0 Å². The van der Waals surface area contributed by atoms with Gasteiger partial charge >= 0.3 is 6.61 Å². The molecule has 3 heterocycles. The summed E-state index contributed by atoms with van der Waals surface area (Å²) in [6.45, 7) is 3.52. The lowest BCUT2D eigenvalue weighted by molar-refractivity contribution is -0.0498. The zero-order chi connectivity index (χ0) is 24.4. The van der Waals surface area contributed by atoms with Crippen molar-refractivity contribution in [3.63, 3.8) is 0 Å². The van der Waals surface area contributed by atoms with Crippen LogP contribution in [0.25, 0.3) is 11.0 Å². The van der Waals surface area contributed by atoms with Gasteiger partial charge in [-0.3, -0.25) is 9.69 Å². The summed E-state index contributed by atoms with van der Waals surface area (Å²) in [4.78, 5) is 21.8. The molecular formula is C25H27F2N5O2. The summed E-state index contributed by atoms with van der Waals surface area (Å²) in [5.41, 5.74) is 3.28. The zero-order valence-electron chi connectivity index (χ0n) is 19.4. The first-order valence-corrected chi connectivity index (χ1v) is 11.3. The Hall–Kier alpha value is -3.51. The summed E-state index contributed by atoms with van der Waals surface area (Å²) >= 11 is 0. The van der Waals surface area contributed by atoms with Gasteiger partial charge in [0.25, 0.3) is 5.56 Å². The Morgan fingerprint density at radius 3 is 2.59 bits per heavy atom. The maximum absolute atomic E-state index is 12.7. The van der Waals surface area contributed by atoms with Crippen molar-refractivity contribution in [3.8, 4) is 11.8 Å². The van der Waals surface area contributed by atoms with Crippen molar-refractivity contribution in [3.05, 3.63) is 64.1 Å². The van der Waals surface area contributed by atoms with Gasteiger partial charge in [0.15, 0.2) is 0 Å². The fourth-order valence-electron chi connectivity index (χ4n) is 4.63. The van der Waals surface area contributed by atoms with E-state index in [1.807, 2.05) is 12.1 Å². The highest BCUT2D eigenvalue weighted by Gasteiger charge is 2.32. The molecule has 4 rings (SSSR count). The van der Waals surface area contributed by atoms with Crippen LogP contribution in [0.15, 0.2) is 47.3 Å². The Morgan fingerprint density at radius 2 is 1.94 bits per heavy atom. The number of ether oxygens (including phenoxy) is 1. The fraction of sp³-hybridized carbons (Fsp3) is 0.400. The van der Waals surface area contributed by atoms with Crippen molar-refractivity contribution in [2.75, 3.05) is 18.0 Å². The van der Waals surface area contributed by atoms with Gasteiger partial charge in [-0.05, 0) is 43.2 Å². The van der Waals surface area contributed by atoms with Gasteiger partial charge in [-0.15, -0.1) is 0 Å². The van der Waals surface area contributed by atoms with E-state index in [4.69, 9.17) is 0 Å². The predicted molar refractivity (Wildman–Crippen MR) is 126 cm³/mol. The summed E-state index contributed by atoms with van der Waals surface area (Å²) in [6.07, 6.45) is 0.898. The number of benzene rings is 1. The van der Waals surface area contributed by atoms with Gasteiger partial charge in [0.1, 0.15) is 23.0 Å². The summed E-state index contributed by atoms with van der Waals surface area (Å²) in [5, 5.41) is 9.34. The van der Waals surface area contributed by atoms with Crippen molar-refractivity contribution < 1.29 is 13.5 Å². The fourth-order valence-corrected chi connectivity index (χ4v) is 4.63. The van der Waals surface area contributed by atoms with Crippen molar-refractivity contribution in [1.29, 1.82) is 5.26 Å². The SMILES string of the molecule is CC[C@@H]1CN(c2cc(=O)n(C)c3ccc(C#N)nc23)[C@@H](C)CN1Cc1ccc(OC(F)F)cc1. The van der Waals surface area contributed by atoms with Crippen LogP contribution in [0.2, 0.25) is 0 Å². The van der Waals surface area contributed by atoms with Crippen molar-refractivity contribution in [2.24, 2.45) is 7.05 Å². The van der Waals surface area contributed by atoms with E-state index in [9.17, 15) is 18.8 Å². The van der Waals surface area contributed by atoms with Crippen LogP contribution in [0.5, 0.6) is 5.75 Å². The van der Waals surface area contributed by atoms with Crippen molar-refractivity contribution in [2.45, 2.75) is 45.5 Å². The molecular weight excluding hydrogens is 440 g/mol. The lowest BCUT2D eigenvalue weighted by atomic mass is 10.0. The third-order valence-electron chi connectivity index (χ3n) is 6.45. The van der Waals surface area contributed by atoms with Gasteiger partial charge in [0, 0.05) is 44.8 Å². The number of nitrogens with zero attached hydrogens (tertiary/aromatic N) is 5. The molecule has 0 unspecified atom stereocenters. The lowest BCUT2D eigenvalue weighted by Crippen LogP contribution is -2.57. The average Bonchev–Trinajstić information content (AvgIpc) is 2.82. The Kier molecular flexibility index (Phi) is 6.80. The van der Waals surface area contributed by atoms with E-state index in [2.05, 4.69) is 39.4 Å². The number of alkyl halides is 2. The standard InChI is InChI=1S/C25H27F2N5O2/c1-4-19-15-32(22-11-23(33)30(3)21-10-7-18(12-28)29-24(21)22)16(2)13-31(19)14-17-5-8-20(9-6-17)34-25(26)27/h5-11,16,19,25H,4,13-15H2,1-3H3/t16-,19+/m0/s1. The van der Waals surface area contributed by atoms with Crippen molar-refractivity contribution >= 4 is 16.7 Å². The second-order valence-corrected chi connectivity index (χ2v) is 8.62. The normalized spacial score (nSPS) is 18.9. The molecule has 34 heavy (non-hydrogen) atoms. The summed E-state index contributed by atoms with van der Waals surface area (Å²) in [5.74, 6) is 0.144. The first-order chi connectivity index (χ1) is 16.3. The third-order valence-corrected chi connectivity index (χ3v) is 6.45. The van der Waals surface area contributed by atoms with E-state index in [1.54, 1.807) is 41.9 Å². The van der Waals surface area contributed by atoms with Gasteiger partial charge in [0.05, 0.1) is 11.2 Å². The molecule has 0 aliphatic carbocycles. The largest absolute Gasteiger partial charge is 0.435 e. The molecule has 0 bridgehead atoms. The first kappa shape index (κ1) is 23.6. The number of nitriles is 1. The van der Waals surface area contributed by atoms with E-state index < -0.39 is 6.61 Å². The monoisotopic (exact) mass is 467 g/mol. The van der Waals surface area contributed by atoms with E-state index >= 15 is 0 Å². The molecule has 1 fully saturated rings. The molecule has 9 heteroatoms. The molecule has 0 radical (unpaired) electrons. The molecule has 0 saturated carbocycles. The van der Waals surface area contributed by atoms with Crippen LogP contribution in [0.3, 0.4) is 0 Å². The van der Waals surface area contributed by atoms with E-state index in [0.717, 1.165) is 24.2 Å². The number of hydrogen-bond donors (Lipinski definition) is 0. The Bertz CT molecular complexity index is 1270. The average molecular weight is 468 g/mol. The number of anilines is 1. The lowest BCUT2D eigenvalue weighted by Gasteiger charge is -2.46. The van der Waals surface area contributed by atoms with Gasteiger partial charge in [-0.2, -0.15) is 14.0 Å². The summed E-state index contributed by atoms with van der Waals surface area (Å²) < 4.78 is 30.8. The Balaban J connectivity index is 1.61. The minimum atomic E-state index is -2.84. The molecule has 7 nitrogen and oxygen atoms in total. The number of aryl methyl sites for hydroxylation is 1. The Labute approximate surface area is 196 Å². The van der Waals surface area contributed by atoms with Crippen LogP contribution in [0, 0.1) is 11.3 Å². The highest BCUT2D eigenvalue weighted by molar-refractivity contribution is 5.89. The minimum Gasteiger partial charge on any atom is -0.435 e. The highest BCUT2D eigenvalue weighted by atomic mass is 19.3. The first-order valence-electron chi connectivity index (χ1n) is 11.3. The minimum absolute atomic E-state index is 0.0899. The molecule has 0 spiro atoms. The maximum Gasteiger partial charge on any atom is 0.387 e. The number of aromatic nitrogens is 2. The predicted octanol–water partition coefficient (Wildman–Crippen LogP) is 3.90. The van der Waals surface area contributed by atoms with Crippen molar-refractivity contribution in [1.82, 2.24) is 14.5 Å². The zero-order valence-corrected chi connectivity index (χ0v) is 19.4. The maximum atomic E-state index is 12.7. The molecule has 1 aliphatic heterocycles. The molecule has 2 atom stereocenters. The highest BCUT2D eigenvalue weighted by Crippen LogP contribution is 2.30. The van der Waals surface area contributed by atoms with Crippen LogP contribution < -0.4 is 15.2 Å². The van der Waals surface area contributed by atoms with Crippen LogP contribution in [0.4, 0.5) is 14.5 Å². The number of piperazine rings is 1. The van der Waals surface area contributed by atoms with Gasteiger partial charge in [-0.1, -0.05) is 19.1 Å². The molecule has 1 aromatic carbocycles. The molecule has 3 aromatic rings. The number of pyridine rings is 2. The molecule has 1 aliphatic rings. The van der Waals surface area contributed by atoms with Crippen LogP contribution in [-0.4, -0.2) is 46.2 Å². The molecule has 0 N–H and O–H groups in total. The van der Waals surface area contributed by atoms with E-state index in [1.165, 1.54) is 0 Å². The Morgan fingerprint density at radius 1 is 1.21 bits per heavy atom. The van der Waals surface area contributed by atoms with Gasteiger partial charge in [-0.25, -0.2) is 4.98 Å². The van der Waals surface area contributed by atoms with Gasteiger partial charge in [0.2, 0.25) is 0 Å². The number of halogens is 2. The van der Waals surface area contributed by atoms with E-state index in [-0.39, 0.29) is 23.4 Å². The molecule has 0 amide bonds. The molecule has 178 valence electrons.